The van der Waals surface area contributed by atoms with Gasteiger partial charge in [0.15, 0.2) is 11.6 Å². The fourth-order valence-corrected chi connectivity index (χ4v) is 3.74. The summed E-state index contributed by atoms with van der Waals surface area (Å²) in [6.07, 6.45) is 7.00. The van der Waals surface area contributed by atoms with Gasteiger partial charge in [-0.3, -0.25) is 0 Å². The fourth-order valence-electron chi connectivity index (χ4n) is 3.74. The number of aromatic nitrogens is 3. The standard InChI is InChI=1S/C18H15F2N3/c19-14-6-10-7-18(13-9-21-22-16-3-1-2-12(13)16)23(11-4-5-11)17(10)8-15(14)20/h6-9,11H,1-5H2. The van der Waals surface area contributed by atoms with E-state index >= 15 is 0 Å². The van der Waals surface area contributed by atoms with E-state index in [1.807, 2.05) is 6.07 Å². The van der Waals surface area contributed by atoms with Crippen molar-refractivity contribution in [2.75, 3.05) is 0 Å². The smallest absolute Gasteiger partial charge is 0.160 e. The normalized spacial score (nSPS) is 17.0. The van der Waals surface area contributed by atoms with E-state index in [0.717, 1.165) is 60.0 Å². The molecule has 2 aromatic heterocycles. The van der Waals surface area contributed by atoms with E-state index < -0.39 is 11.6 Å². The lowest BCUT2D eigenvalue weighted by Crippen LogP contribution is -2.01. The molecule has 0 aliphatic heterocycles. The second-order valence-corrected chi connectivity index (χ2v) is 6.49. The Bertz CT molecular complexity index is 941. The number of fused-ring (bicyclic) bond motifs is 2. The van der Waals surface area contributed by atoms with Crippen LogP contribution in [0.4, 0.5) is 8.78 Å². The van der Waals surface area contributed by atoms with Crippen molar-refractivity contribution in [2.24, 2.45) is 0 Å². The van der Waals surface area contributed by atoms with Gasteiger partial charge in [-0.05, 0) is 49.8 Å². The van der Waals surface area contributed by atoms with Gasteiger partial charge in [0.1, 0.15) is 0 Å². The molecule has 1 fully saturated rings. The number of aryl methyl sites for hydroxylation is 1. The van der Waals surface area contributed by atoms with Crippen LogP contribution in [-0.2, 0) is 12.8 Å². The molecule has 0 spiro atoms. The van der Waals surface area contributed by atoms with Crippen LogP contribution in [-0.4, -0.2) is 14.8 Å². The molecule has 2 aliphatic carbocycles. The van der Waals surface area contributed by atoms with Gasteiger partial charge in [-0.25, -0.2) is 8.78 Å². The number of hydrogen-bond donors (Lipinski definition) is 0. The van der Waals surface area contributed by atoms with Gasteiger partial charge in [-0.2, -0.15) is 10.2 Å². The maximum absolute atomic E-state index is 13.7. The molecule has 0 N–H and O–H groups in total. The Balaban J connectivity index is 1.82. The van der Waals surface area contributed by atoms with Crippen LogP contribution in [0.25, 0.3) is 22.2 Å². The molecule has 0 radical (unpaired) electrons. The molecule has 0 saturated heterocycles. The molecule has 1 saturated carbocycles. The second kappa shape index (κ2) is 4.60. The molecule has 2 aliphatic rings. The number of nitrogens with zero attached hydrogens (tertiary/aromatic N) is 3. The zero-order valence-corrected chi connectivity index (χ0v) is 12.5. The van der Waals surface area contributed by atoms with E-state index in [9.17, 15) is 8.78 Å². The van der Waals surface area contributed by atoms with Gasteiger partial charge in [-0.15, -0.1) is 0 Å². The highest BCUT2D eigenvalue weighted by molar-refractivity contribution is 5.88. The van der Waals surface area contributed by atoms with Crippen molar-refractivity contribution in [3.63, 3.8) is 0 Å². The molecule has 0 unspecified atom stereocenters. The average molecular weight is 311 g/mol. The van der Waals surface area contributed by atoms with Gasteiger partial charge in [0.2, 0.25) is 0 Å². The minimum atomic E-state index is -0.796. The highest BCUT2D eigenvalue weighted by atomic mass is 19.2. The molecule has 2 heterocycles. The van der Waals surface area contributed by atoms with E-state index in [4.69, 9.17) is 0 Å². The molecule has 116 valence electrons. The Morgan fingerprint density at radius 3 is 2.70 bits per heavy atom. The summed E-state index contributed by atoms with van der Waals surface area (Å²) in [7, 11) is 0. The summed E-state index contributed by atoms with van der Waals surface area (Å²) >= 11 is 0. The summed E-state index contributed by atoms with van der Waals surface area (Å²) in [4.78, 5) is 0. The van der Waals surface area contributed by atoms with E-state index in [1.165, 1.54) is 17.7 Å². The van der Waals surface area contributed by atoms with Crippen molar-refractivity contribution < 1.29 is 8.78 Å². The summed E-state index contributed by atoms with van der Waals surface area (Å²) in [5.41, 5.74) is 5.15. The SMILES string of the molecule is Fc1cc2cc(-c3cnnc4c3CCC4)n(C3CC3)c2cc1F. The van der Waals surface area contributed by atoms with Crippen molar-refractivity contribution in [2.45, 2.75) is 38.1 Å². The zero-order valence-electron chi connectivity index (χ0n) is 12.5. The number of benzene rings is 1. The van der Waals surface area contributed by atoms with Crippen molar-refractivity contribution >= 4 is 10.9 Å². The quantitative estimate of drug-likeness (QED) is 0.710. The largest absolute Gasteiger partial charge is 0.337 e. The maximum Gasteiger partial charge on any atom is 0.160 e. The van der Waals surface area contributed by atoms with Crippen LogP contribution in [0.2, 0.25) is 0 Å². The first-order valence-electron chi connectivity index (χ1n) is 8.06. The number of halogens is 2. The van der Waals surface area contributed by atoms with E-state index in [0.29, 0.717) is 6.04 Å². The lowest BCUT2D eigenvalue weighted by atomic mass is 10.1. The highest BCUT2D eigenvalue weighted by Crippen LogP contribution is 2.44. The first-order chi connectivity index (χ1) is 11.2. The molecular weight excluding hydrogens is 296 g/mol. The Labute approximate surface area is 132 Å². The monoisotopic (exact) mass is 311 g/mol. The summed E-state index contributed by atoms with van der Waals surface area (Å²) < 4.78 is 29.5. The summed E-state index contributed by atoms with van der Waals surface area (Å²) in [5, 5.41) is 9.13. The molecular formula is C18H15F2N3. The van der Waals surface area contributed by atoms with E-state index in [-0.39, 0.29) is 0 Å². The van der Waals surface area contributed by atoms with Gasteiger partial charge in [0.05, 0.1) is 23.1 Å². The molecule has 0 amide bonds. The van der Waals surface area contributed by atoms with Gasteiger partial charge >= 0.3 is 0 Å². The van der Waals surface area contributed by atoms with Gasteiger partial charge < -0.3 is 4.57 Å². The topological polar surface area (TPSA) is 30.7 Å². The molecule has 3 nitrogen and oxygen atoms in total. The van der Waals surface area contributed by atoms with Gasteiger partial charge in [0.25, 0.3) is 0 Å². The van der Waals surface area contributed by atoms with Crippen LogP contribution < -0.4 is 0 Å². The minimum absolute atomic E-state index is 0.373. The van der Waals surface area contributed by atoms with Crippen LogP contribution >= 0.6 is 0 Å². The predicted molar refractivity (Wildman–Crippen MR) is 83.2 cm³/mol. The van der Waals surface area contributed by atoms with Crippen LogP contribution in [0, 0.1) is 11.6 Å². The van der Waals surface area contributed by atoms with Gasteiger partial charge in [-0.1, -0.05) is 0 Å². The second-order valence-electron chi connectivity index (χ2n) is 6.49. The lowest BCUT2D eigenvalue weighted by Gasteiger charge is -2.12. The third-order valence-corrected chi connectivity index (χ3v) is 4.95. The molecule has 0 bridgehead atoms. The Hall–Kier alpha value is -2.30. The Morgan fingerprint density at radius 2 is 1.87 bits per heavy atom. The summed E-state index contributed by atoms with van der Waals surface area (Å²) in [6.45, 7) is 0. The minimum Gasteiger partial charge on any atom is -0.337 e. The summed E-state index contributed by atoms with van der Waals surface area (Å²) in [6, 6.07) is 4.95. The number of rotatable bonds is 2. The molecule has 5 rings (SSSR count). The Kier molecular flexibility index (Phi) is 2.63. The van der Waals surface area contributed by atoms with Crippen molar-refractivity contribution in [1.82, 2.24) is 14.8 Å². The first-order valence-corrected chi connectivity index (χ1v) is 8.06. The Morgan fingerprint density at radius 1 is 1.04 bits per heavy atom. The van der Waals surface area contributed by atoms with Gasteiger partial charge in [0, 0.05) is 23.1 Å². The zero-order chi connectivity index (χ0) is 15.6. The number of hydrogen-bond acceptors (Lipinski definition) is 2. The van der Waals surface area contributed by atoms with E-state index in [1.54, 1.807) is 6.20 Å². The van der Waals surface area contributed by atoms with Crippen LogP contribution in [0.15, 0.2) is 24.4 Å². The molecule has 1 aromatic carbocycles. The lowest BCUT2D eigenvalue weighted by molar-refractivity contribution is 0.510. The third kappa shape index (κ3) is 1.92. The van der Waals surface area contributed by atoms with Crippen LogP contribution in [0.3, 0.4) is 0 Å². The van der Waals surface area contributed by atoms with Crippen LogP contribution in [0.5, 0.6) is 0 Å². The maximum atomic E-state index is 13.7. The molecule has 3 aromatic rings. The predicted octanol–water partition coefficient (Wildman–Crippen LogP) is 4.20. The molecule has 0 atom stereocenters. The molecule has 23 heavy (non-hydrogen) atoms. The molecule has 5 heteroatoms. The average Bonchev–Trinajstić information content (AvgIpc) is 3.14. The fraction of sp³-hybridized carbons (Fsp3) is 0.333. The van der Waals surface area contributed by atoms with Crippen molar-refractivity contribution in [3.05, 3.63) is 47.3 Å². The first kappa shape index (κ1) is 13.2. The van der Waals surface area contributed by atoms with Crippen LogP contribution in [0.1, 0.15) is 36.6 Å². The van der Waals surface area contributed by atoms with E-state index in [2.05, 4.69) is 14.8 Å². The van der Waals surface area contributed by atoms with Crippen molar-refractivity contribution in [3.8, 4) is 11.3 Å². The third-order valence-electron chi connectivity index (χ3n) is 4.95. The van der Waals surface area contributed by atoms with Crippen molar-refractivity contribution in [1.29, 1.82) is 0 Å². The highest BCUT2D eigenvalue weighted by Gasteiger charge is 2.30. The summed E-state index contributed by atoms with van der Waals surface area (Å²) in [5.74, 6) is -1.59.